The van der Waals surface area contributed by atoms with Gasteiger partial charge >= 0.3 is 0 Å². The fraction of sp³-hybridized carbons (Fsp3) is 0.154. The molecule has 0 atom stereocenters. The van der Waals surface area contributed by atoms with E-state index in [1.54, 1.807) is 37.7 Å². The molecular weight excluding hydrogens is 216 g/mol. The Kier molecular flexibility index (Phi) is 3.14. The summed E-state index contributed by atoms with van der Waals surface area (Å²) < 4.78 is 5.04. The lowest BCUT2D eigenvalue weighted by atomic mass is 10.1. The highest BCUT2D eigenvalue weighted by Crippen LogP contribution is 2.14. The Morgan fingerprint density at radius 2 is 2.06 bits per heavy atom. The Morgan fingerprint density at radius 3 is 2.76 bits per heavy atom. The fourth-order valence-electron chi connectivity index (χ4n) is 1.51. The number of aryl methyl sites for hydroxylation is 1. The van der Waals surface area contributed by atoms with Crippen LogP contribution in [0, 0.1) is 6.92 Å². The average Bonchev–Trinajstić information content (AvgIpc) is 2.38. The number of hydrogen-bond acceptors (Lipinski definition) is 4. The number of nitrogens with zero attached hydrogens (tertiary/aromatic N) is 2. The number of aromatic nitrogens is 2. The van der Waals surface area contributed by atoms with E-state index >= 15 is 0 Å². The van der Waals surface area contributed by atoms with Crippen LogP contribution in [0.5, 0.6) is 5.75 Å². The number of methoxy groups -OCH3 is 1. The number of ether oxygens (including phenoxy) is 1. The maximum atomic E-state index is 12.1. The van der Waals surface area contributed by atoms with Gasteiger partial charge in [0.2, 0.25) is 0 Å². The molecule has 17 heavy (non-hydrogen) atoms. The second kappa shape index (κ2) is 4.74. The second-order valence-corrected chi connectivity index (χ2v) is 3.63. The number of carbonyl (C=O) groups is 1. The van der Waals surface area contributed by atoms with Crippen molar-refractivity contribution in [2.75, 3.05) is 7.11 Å². The third kappa shape index (κ3) is 2.47. The molecule has 0 aliphatic carbocycles. The van der Waals surface area contributed by atoms with Crippen molar-refractivity contribution in [1.82, 2.24) is 9.97 Å². The zero-order valence-corrected chi connectivity index (χ0v) is 9.68. The first-order valence-electron chi connectivity index (χ1n) is 5.17. The van der Waals surface area contributed by atoms with Crippen molar-refractivity contribution in [3.63, 3.8) is 0 Å². The molecule has 2 rings (SSSR count). The van der Waals surface area contributed by atoms with Crippen LogP contribution in [0.25, 0.3) is 0 Å². The van der Waals surface area contributed by atoms with Crippen LogP contribution in [0.1, 0.15) is 21.6 Å². The lowest BCUT2D eigenvalue weighted by Gasteiger charge is -2.03. The van der Waals surface area contributed by atoms with Crippen molar-refractivity contribution in [3.05, 3.63) is 53.6 Å². The van der Waals surface area contributed by atoms with E-state index in [4.69, 9.17) is 4.74 Å². The molecule has 0 radical (unpaired) electrons. The van der Waals surface area contributed by atoms with Gasteiger partial charge in [0.05, 0.1) is 13.3 Å². The molecule has 0 aliphatic heterocycles. The molecule has 0 bridgehead atoms. The number of rotatable bonds is 3. The Bertz CT molecular complexity index is 553. The summed E-state index contributed by atoms with van der Waals surface area (Å²) in [6, 6.07) is 5.11. The molecule has 0 spiro atoms. The Morgan fingerprint density at radius 1 is 1.24 bits per heavy atom. The Balaban J connectivity index is 2.36. The maximum absolute atomic E-state index is 12.1. The number of hydrogen-bond donors (Lipinski definition) is 0. The van der Waals surface area contributed by atoms with Gasteiger partial charge in [-0.2, -0.15) is 0 Å². The molecule has 0 saturated heterocycles. The van der Waals surface area contributed by atoms with Crippen LogP contribution in [0.3, 0.4) is 0 Å². The molecule has 0 fully saturated rings. The van der Waals surface area contributed by atoms with E-state index in [0.717, 1.165) is 5.69 Å². The Labute approximate surface area is 99.3 Å². The highest BCUT2D eigenvalue weighted by atomic mass is 16.5. The van der Waals surface area contributed by atoms with Crippen molar-refractivity contribution in [1.29, 1.82) is 0 Å². The van der Waals surface area contributed by atoms with E-state index in [9.17, 15) is 4.79 Å². The lowest BCUT2D eigenvalue weighted by molar-refractivity contribution is 0.103. The average molecular weight is 228 g/mol. The summed E-state index contributed by atoms with van der Waals surface area (Å²) >= 11 is 0. The first-order valence-corrected chi connectivity index (χ1v) is 5.17. The molecule has 4 heteroatoms. The highest BCUT2D eigenvalue weighted by molar-refractivity contribution is 6.08. The first kappa shape index (κ1) is 11.3. The monoisotopic (exact) mass is 228 g/mol. The summed E-state index contributed by atoms with van der Waals surface area (Å²) in [5, 5.41) is 0. The first-order chi connectivity index (χ1) is 8.20. The molecular formula is C13H12N2O2. The van der Waals surface area contributed by atoms with Crippen molar-refractivity contribution in [2.24, 2.45) is 0 Å². The van der Waals surface area contributed by atoms with Gasteiger partial charge in [-0.1, -0.05) is 0 Å². The van der Waals surface area contributed by atoms with Gasteiger partial charge in [-0.05, 0) is 25.1 Å². The van der Waals surface area contributed by atoms with Gasteiger partial charge in [-0.3, -0.25) is 14.8 Å². The molecule has 4 nitrogen and oxygen atoms in total. The largest absolute Gasteiger partial charge is 0.495 e. The summed E-state index contributed by atoms with van der Waals surface area (Å²) in [6.45, 7) is 1.85. The fourth-order valence-corrected chi connectivity index (χ4v) is 1.51. The van der Waals surface area contributed by atoms with E-state index < -0.39 is 0 Å². The maximum Gasteiger partial charge on any atom is 0.194 e. The van der Waals surface area contributed by atoms with Crippen LogP contribution >= 0.6 is 0 Å². The van der Waals surface area contributed by atoms with Gasteiger partial charge in [0.1, 0.15) is 5.75 Å². The molecule has 0 unspecified atom stereocenters. The minimum atomic E-state index is -0.0816. The minimum Gasteiger partial charge on any atom is -0.495 e. The topological polar surface area (TPSA) is 52.1 Å². The highest BCUT2D eigenvalue weighted by Gasteiger charge is 2.10. The van der Waals surface area contributed by atoms with Gasteiger partial charge < -0.3 is 4.74 Å². The van der Waals surface area contributed by atoms with Crippen LogP contribution in [-0.4, -0.2) is 22.9 Å². The number of pyridine rings is 2. The normalized spacial score (nSPS) is 10.0. The second-order valence-electron chi connectivity index (χ2n) is 3.63. The van der Waals surface area contributed by atoms with E-state index in [-0.39, 0.29) is 5.78 Å². The predicted octanol–water partition coefficient (Wildman–Crippen LogP) is 2.02. The number of carbonyl (C=O) groups excluding carboxylic acids is 1. The molecule has 0 saturated carbocycles. The van der Waals surface area contributed by atoms with E-state index in [1.165, 1.54) is 6.20 Å². The molecule has 2 aromatic heterocycles. The minimum absolute atomic E-state index is 0.0816. The third-order valence-corrected chi connectivity index (χ3v) is 2.37. The Hall–Kier alpha value is -2.23. The summed E-state index contributed by atoms with van der Waals surface area (Å²) in [7, 11) is 1.54. The van der Waals surface area contributed by atoms with Crippen molar-refractivity contribution >= 4 is 5.78 Å². The predicted molar refractivity (Wildman–Crippen MR) is 63.2 cm³/mol. The van der Waals surface area contributed by atoms with Crippen molar-refractivity contribution in [3.8, 4) is 5.75 Å². The van der Waals surface area contributed by atoms with E-state index in [0.29, 0.717) is 16.9 Å². The smallest absolute Gasteiger partial charge is 0.194 e. The summed E-state index contributed by atoms with van der Waals surface area (Å²) in [4.78, 5) is 20.2. The van der Waals surface area contributed by atoms with Crippen LogP contribution in [0.2, 0.25) is 0 Å². The molecule has 0 amide bonds. The summed E-state index contributed by atoms with van der Waals surface area (Å²) in [5.74, 6) is 0.489. The molecule has 0 aliphatic rings. The van der Waals surface area contributed by atoms with Crippen LogP contribution in [0.4, 0.5) is 0 Å². The van der Waals surface area contributed by atoms with Crippen molar-refractivity contribution < 1.29 is 9.53 Å². The molecule has 0 aromatic carbocycles. The van der Waals surface area contributed by atoms with Crippen molar-refractivity contribution in [2.45, 2.75) is 6.92 Å². The molecule has 2 aromatic rings. The summed E-state index contributed by atoms with van der Waals surface area (Å²) in [6.07, 6.45) is 4.71. The zero-order valence-electron chi connectivity index (χ0n) is 9.68. The van der Waals surface area contributed by atoms with Crippen LogP contribution in [0.15, 0.2) is 36.8 Å². The molecule has 2 heterocycles. The van der Waals surface area contributed by atoms with E-state index in [2.05, 4.69) is 9.97 Å². The number of ketones is 1. The van der Waals surface area contributed by atoms with Crippen LogP contribution in [-0.2, 0) is 0 Å². The lowest BCUT2D eigenvalue weighted by Crippen LogP contribution is -2.03. The van der Waals surface area contributed by atoms with Gasteiger partial charge in [0, 0.05) is 29.2 Å². The van der Waals surface area contributed by atoms with Gasteiger partial charge in [-0.15, -0.1) is 0 Å². The van der Waals surface area contributed by atoms with E-state index in [1.807, 2.05) is 6.92 Å². The van der Waals surface area contributed by atoms with Gasteiger partial charge in [-0.25, -0.2) is 0 Å². The zero-order chi connectivity index (χ0) is 12.3. The molecule has 0 N–H and O–H groups in total. The molecule has 86 valence electrons. The quantitative estimate of drug-likeness (QED) is 0.754. The summed E-state index contributed by atoms with van der Waals surface area (Å²) in [5.41, 5.74) is 1.93. The third-order valence-electron chi connectivity index (χ3n) is 2.37. The van der Waals surface area contributed by atoms with Gasteiger partial charge in [0.25, 0.3) is 0 Å². The van der Waals surface area contributed by atoms with Gasteiger partial charge in [0.15, 0.2) is 5.78 Å². The standard InChI is InChI=1S/C13H12N2O2/c1-9-5-10(3-4-15-9)13(16)11-6-12(17-2)8-14-7-11/h3-8H,1-2H3. The SMILES string of the molecule is COc1cncc(C(=O)c2ccnc(C)c2)c1. The van der Waals surface area contributed by atoms with Crippen LogP contribution < -0.4 is 4.74 Å².